The van der Waals surface area contributed by atoms with E-state index < -0.39 is 30.4 Å². The zero-order valence-corrected chi connectivity index (χ0v) is 41.1. The fraction of sp³-hybridized carbons (Fsp3) is 0.262. The van der Waals surface area contributed by atoms with Crippen molar-refractivity contribution in [3.05, 3.63) is 192 Å². The lowest BCUT2D eigenvalue weighted by Crippen LogP contribution is -2.78. The summed E-state index contributed by atoms with van der Waals surface area (Å²) in [5.74, 6) is -0.119. The van der Waals surface area contributed by atoms with Crippen LogP contribution in [0.15, 0.2) is 164 Å². The standard InChI is InChI=1S/C65H63N3O/c1-40(2)33-46-34-49(29-30-50(46)44-21-16-13-17-22-44)67-56-24-18-23-51-52-36-47(62(3,4)5)37-53-57-35-45(43-27-25-42(26-28-43)41-19-14-12-15-20-41)31-32-66(57)65(58(52)53)68(59(51)56)61(67)54-38-48(63(6,7)8)39-55(60(54)69-65)64(9,10)11/h12-32,34-40H,33H2,1-11H3/q+2/i9D3,10D3. The number of pyridine rings is 1. The van der Waals surface area contributed by atoms with Crippen molar-refractivity contribution in [1.82, 2.24) is 4.57 Å². The third-order valence-corrected chi connectivity index (χ3v) is 14.7. The van der Waals surface area contributed by atoms with E-state index >= 15 is 0 Å². The second kappa shape index (κ2) is 15.0. The Bertz CT molecular complexity index is 3790. The van der Waals surface area contributed by atoms with Crippen LogP contribution in [0, 0.1) is 5.92 Å². The van der Waals surface area contributed by atoms with E-state index in [4.69, 9.17) is 4.74 Å². The van der Waals surface area contributed by atoms with Crippen LogP contribution in [0.1, 0.15) is 112 Å². The fourth-order valence-electron chi connectivity index (χ4n) is 11.3. The summed E-state index contributed by atoms with van der Waals surface area (Å²) < 4.78 is 70.1. The highest BCUT2D eigenvalue weighted by atomic mass is 16.5. The molecule has 1 unspecified atom stereocenters. The van der Waals surface area contributed by atoms with Crippen molar-refractivity contribution in [2.45, 2.75) is 105 Å². The molecule has 0 bridgehead atoms. The van der Waals surface area contributed by atoms with Gasteiger partial charge in [0.2, 0.25) is 5.69 Å². The van der Waals surface area contributed by atoms with E-state index in [0.29, 0.717) is 11.5 Å². The fourth-order valence-corrected chi connectivity index (χ4v) is 11.3. The molecule has 0 amide bonds. The monoisotopic (exact) mass is 908 g/mol. The second-order valence-electron chi connectivity index (χ2n) is 22.3. The summed E-state index contributed by atoms with van der Waals surface area (Å²) in [4.78, 5) is 0. The van der Waals surface area contributed by atoms with E-state index in [9.17, 15) is 8.22 Å². The summed E-state index contributed by atoms with van der Waals surface area (Å²) >= 11 is 0. The van der Waals surface area contributed by atoms with E-state index in [2.05, 4.69) is 215 Å². The molecule has 12 rings (SSSR count). The van der Waals surface area contributed by atoms with Crippen LogP contribution in [-0.2, 0) is 28.5 Å². The van der Waals surface area contributed by atoms with Crippen LogP contribution in [0.25, 0.3) is 83.9 Å². The SMILES string of the molecule is [2H]C([2H])([2H])C(C)(c1cc(C(C)(C)C)cc2c1OC13c4c(cc(C(C)(C)C)cc4-c4cc(-c5ccc(-c6ccccc6)cc5)cc[n+]41)-c1cccc4c1[n+]3c-2n4-c1ccc(-c2ccccc2)c(CC(C)C)c1)C([2H])([2H])[2H]. The van der Waals surface area contributed by atoms with Gasteiger partial charge in [0, 0.05) is 37.0 Å². The van der Waals surface area contributed by atoms with Crippen LogP contribution in [0.4, 0.5) is 0 Å². The van der Waals surface area contributed by atoms with Crippen molar-refractivity contribution in [2.75, 3.05) is 0 Å². The minimum atomic E-state index is -2.97. The van der Waals surface area contributed by atoms with Gasteiger partial charge in [0.15, 0.2) is 23.0 Å². The predicted octanol–water partition coefficient (Wildman–Crippen LogP) is 15.5. The number of hydrogen-bond acceptors (Lipinski definition) is 1. The number of aromatic nitrogens is 3. The highest BCUT2D eigenvalue weighted by Gasteiger charge is 2.69. The number of imidazole rings is 1. The molecule has 3 aliphatic rings. The van der Waals surface area contributed by atoms with Gasteiger partial charge in [0.25, 0.3) is 0 Å². The molecule has 5 heterocycles. The summed E-state index contributed by atoms with van der Waals surface area (Å²) in [7, 11) is 0. The molecule has 0 fully saturated rings. The van der Waals surface area contributed by atoms with E-state index in [1.165, 1.54) is 12.5 Å². The van der Waals surface area contributed by atoms with E-state index in [1.807, 2.05) is 18.2 Å². The van der Waals surface area contributed by atoms with Gasteiger partial charge >= 0.3 is 11.7 Å². The van der Waals surface area contributed by atoms with Gasteiger partial charge in [-0.05, 0) is 127 Å². The second-order valence-corrected chi connectivity index (χ2v) is 22.3. The average molecular weight is 908 g/mol. The molecule has 7 aromatic carbocycles. The molecule has 4 heteroatoms. The number of benzene rings is 7. The Kier molecular flexibility index (Phi) is 8.02. The maximum Gasteiger partial charge on any atom is 0.499 e. The molecule has 69 heavy (non-hydrogen) atoms. The van der Waals surface area contributed by atoms with Crippen LogP contribution in [0.3, 0.4) is 0 Å². The highest BCUT2D eigenvalue weighted by Crippen LogP contribution is 2.56. The molecule has 1 atom stereocenters. The van der Waals surface area contributed by atoms with Crippen LogP contribution in [-0.4, -0.2) is 4.57 Å². The van der Waals surface area contributed by atoms with Crippen LogP contribution in [0.2, 0.25) is 0 Å². The van der Waals surface area contributed by atoms with Crippen molar-refractivity contribution in [3.8, 4) is 78.6 Å². The Labute approximate surface area is 417 Å². The Morgan fingerprint density at radius 2 is 1.19 bits per heavy atom. The lowest BCUT2D eigenvalue weighted by Gasteiger charge is -2.36. The zero-order chi connectivity index (χ0) is 52.9. The van der Waals surface area contributed by atoms with Gasteiger partial charge in [0.05, 0.1) is 5.56 Å². The smallest absolute Gasteiger partial charge is 0.392 e. The number of fused-ring (bicyclic) bond motifs is 5. The molecule has 342 valence electrons. The van der Waals surface area contributed by atoms with Crippen LogP contribution < -0.4 is 13.9 Å². The number of rotatable bonds is 6. The summed E-state index contributed by atoms with van der Waals surface area (Å²) in [6.45, 7) is 12.9. The van der Waals surface area contributed by atoms with Gasteiger partial charge in [-0.2, -0.15) is 4.57 Å². The van der Waals surface area contributed by atoms with Gasteiger partial charge in [-0.15, -0.1) is 9.13 Å². The molecule has 0 aliphatic carbocycles. The normalized spacial score (nSPS) is 17.2. The third-order valence-electron chi connectivity index (χ3n) is 14.7. The Hall–Kier alpha value is -7.04. The molecule has 0 N–H and O–H groups in total. The first-order valence-electron chi connectivity index (χ1n) is 27.5. The van der Waals surface area contributed by atoms with Crippen LogP contribution >= 0.6 is 0 Å². The minimum absolute atomic E-state index is 0.131. The molecule has 0 saturated carbocycles. The quantitative estimate of drug-likeness (QED) is 0.152. The van der Waals surface area contributed by atoms with Crippen molar-refractivity contribution in [2.24, 2.45) is 5.92 Å². The molecule has 3 aliphatic heterocycles. The van der Waals surface area contributed by atoms with E-state index in [1.54, 1.807) is 0 Å². The molecule has 4 nitrogen and oxygen atoms in total. The van der Waals surface area contributed by atoms with Gasteiger partial charge in [-0.25, -0.2) is 0 Å². The summed E-state index contributed by atoms with van der Waals surface area (Å²) in [5, 5.41) is 0. The number of nitrogens with zero attached hydrogens (tertiary/aromatic N) is 3. The van der Waals surface area contributed by atoms with E-state index in [-0.39, 0.29) is 16.7 Å². The van der Waals surface area contributed by atoms with Crippen molar-refractivity contribution in [1.29, 1.82) is 0 Å². The summed E-state index contributed by atoms with van der Waals surface area (Å²) in [6.07, 6.45) is 2.95. The summed E-state index contributed by atoms with van der Waals surface area (Å²) in [5.41, 5.74) is 15.2. The third kappa shape index (κ3) is 6.54. The first-order valence-corrected chi connectivity index (χ1v) is 24.5. The van der Waals surface area contributed by atoms with Crippen molar-refractivity contribution in [3.63, 3.8) is 0 Å². The molecule has 9 aromatic rings. The molecule has 0 saturated heterocycles. The van der Waals surface area contributed by atoms with Gasteiger partial charge < -0.3 is 4.74 Å². The molecular weight excluding hydrogens is 839 g/mol. The van der Waals surface area contributed by atoms with Gasteiger partial charge in [-0.3, -0.25) is 0 Å². The number of para-hydroxylation sites is 1. The topological polar surface area (TPSA) is 21.9 Å². The first-order chi connectivity index (χ1) is 35.4. The van der Waals surface area contributed by atoms with Crippen molar-refractivity contribution >= 4 is 11.0 Å². The lowest BCUT2D eigenvalue weighted by atomic mass is 9.78. The van der Waals surface area contributed by atoms with E-state index in [0.717, 1.165) is 101 Å². The maximum absolute atomic E-state index is 9.20. The minimum Gasteiger partial charge on any atom is -0.392 e. The summed E-state index contributed by atoms with van der Waals surface area (Å²) in [6, 6.07) is 55.9. The zero-order valence-electron chi connectivity index (χ0n) is 47.1. The predicted molar refractivity (Wildman–Crippen MR) is 284 cm³/mol. The number of ether oxygens (including phenoxy) is 1. The maximum atomic E-state index is 9.20. The van der Waals surface area contributed by atoms with Crippen LogP contribution in [0.5, 0.6) is 5.75 Å². The molecule has 2 aromatic heterocycles. The molecule has 1 spiro atoms. The first kappa shape index (κ1) is 36.9. The highest BCUT2D eigenvalue weighted by molar-refractivity contribution is 5.98. The molecular formula is C65H63N3O+2. The Balaban J connectivity index is 1.24. The Morgan fingerprint density at radius 3 is 1.86 bits per heavy atom. The van der Waals surface area contributed by atoms with Crippen molar-refractivity contribution < 1.29 is 22.1 Å². The van der Waals surface area contributed by atoms with Gasteiger partial charge in [-0.1, -0.05) is 173 Å². The number of hydrogen-bond donors (Lipinski definition) is 0. The Morgan fingerprint density at radius 1 is 0.565 bits per heavy atom. The molecule has 0 radical (unpaired) electrons. The van der Waals surface area contributed by atoms with Gasteiger partial charge in [0.1, 0.15) is 16.8 Å². The lowest BCUT2D eigenvalue weighted by molar-refractivity contribution is -0.997. The largest absolute Gasteiger partial charge is 0.499 e. The average Bonchev–Trinajstić information content (AvgIpc) is 3.96.